The summed E-state index contributed by atoms with van der Waals surface area (Å²) < 4.78 is 0. The minimum absolute atomic E-state index is 0.645. The van der Waals surface area contributed by atoms with Gasteiger partial charge in [-0.1, -0.05) is 48.5 Å². The Morgan fingerprint density at radius 1 is 1.10 bits per heavy atom. The zero-order chi connectivity index (χ0) is 13.9. The number of nitrogens with one attached hydrogen (secondary N) is 1. The van der Waals surface area contributed by atoms with Crippen LogP contribution in [0.2, 0.25) is 0 Å². The van der Waals surface area contributed by atoms with Gasteiger partial charge < -0.3 is 4.98 Å². The van der Waals surface area contributed by atoms with E-state index in [9.17, 15) is 5.26 Å². The first-order valence-corrected chi connectivity index (χ1v) is 6.53. The summed E-state index contributed by atoms with van der Waals surface area (Å²) in [6, 6.07) is 20.3. The van der Waals surface area contributed by atoms with Crippen molar-refractivity contribution in [2.75, 3.05) is 0 Å². The van der Waals surface area contributed by atoms with E-state index in [-0.39, 0.29) is 0 Å². The van der Waals surface area contributed by atoms with Crippen molar-refractivity contribution in [2.24, 2.45) is 0 Å². The Kier molecular flexibility index (Phi) is 3.10. The summed E-state index contributed by atoms with van der Waals surface area (Å²) in [7, 11) is 0. The number of nitrogens with zero attached hydrogens (tertiary/aromatic N) is 1. The Morgan fingerprint density at radius 2 is 1.90 bits per heavy atom. The second kappa shape index (κ2) is 5.07. The normalized spacial score (nSPS) is 11.5. The molecule has 0 unspecified atom stereocenters. The molecule has 0 spiro atoms. The first-order valence-electron chi connectivity index (χ1n) is 6.53. The molecule has 0 aliphatic rings. The molecule has 3 aromatic rings. The highest BCUT2D eigenvalue weighted by Crippen LogP contribution is 2.24. The van der Waals surface area contributed by atoms with Gasteiger partial charge in [0, 0.05) is 10.9 Å². The van der Waals surface area contributed by atoms with Crippen LogP contribution in [0.15, 0.2) is 54.6 Å². The first kappa shape index (κ1) is 12.3. The van der Waals surface area contributed by atoms with Crippen molar-refractivity contribution in [1.29, 1.82) is 5.26 Å². The molecule has 1 N–H and O–H groups in total. The lowest BCUT2D eigenvalue weighted by Gasteiger charge is -1.96. The highest BCUT2D eigenvalue weighted by atomic mass is 14.7. The van der Waals surface area contributed by atoms with E-state index in [0.717, 1.165) is 22.2 Å². The number of nitriles is 1. The van der Waals surface area contributed by atoms with Gasteiger partial charge in [-0.2, -0.15) is 5.26 Å². The lowest BCUT2D eigenvalue weighted by atomic mass is 10.1. The molecule has 0 bridgehead atoms. The van der Waals surface area contributed by atoms with Crippen LogP contribution in [0.25, 0.3) is 22.6 Å². The Labute approximate surface area is 118 Å². The quantitative estimate of drug-likeness (QED) is 0.673. The maximum absolute atomic E-state index is 9.40. The van der Waals surface area contributed by atoms with E-state index in [1.165, 1.54) is 5.56 Å². The molecule has 2 nitrogen and oxygen atoms in total. The number of rotatable bonds is 2. The van der Waals surface area contributed by atoms with E-state index in [1.54, 1.807) is 0 Å². The van der Waals surface area contributed by atoms with Crippen molar-refractivity contribution in [1.82, 2.24) is 4.98 Å². The molecule has 96 valence electrons. The Hall–Kier alpha value is -2.79. The molecule has 2 aromatic carbocycles. The Balaban J connectivity index is 2.11. The molecular formula is C18H14N2. The predicted octanol–water partition coefficient (Wildman–Crippen LogP) is 4.54. The van der Waals surface area contributed by atoms with E-state index in [4.69, 9.17) is 0 Å². The van der Waals surface area contributed by atoms with Gasteiger partial charge in [0.15, 0.2) is 0 Å². The van der Waals surface area contributed by atoms with Crippen molar-refractivity contribution >= 4 is 22.6 Å². The summed E-state index contributed by atoms with van der Waals surface area (Å²) >= 11 is 0. The van der Waals surface area contributed by atoms with E-state index in [2.05, 4.69) is 30.1 Å². The Morgan fingerprint density at radius 3 is 2.60 bits per heavy atom. The number of benzene rings is 2. The molecule has 0 fully saturated rings. The topological polar surface area (TPSA) is 39.6 Å². The fourth-order valence-electron chi connectivity index (χ4n) is 2.34. The number of fused-ring (bicyclic) bond motifs is 1. The van der Waals surface area contributed by atoms with Crippen molar-refractivity contribution < 1.29 is 0 Å². The van der Waals surface area contributed by atoms with Gasteiger partial charge in [0.2, 0.25) is 0 Å². The third-order valence-corrected chi connectivity index (χ3v) is 3.39. The fraction of sp³-hybridized carbons (Fsp3) is 0.0556. The van der Waals surface area contributed by atoms with Crippen molar-refractivity contribution in [3.05, 3.63) is 71.4 Å². The number of para-hydroxylation sites is 1. The first-order chi connectivity index (χ1) is 9.78. The second-order valence-electron chi connectivity index (χ2n) is 4.80. The highest BCUT2D eigenvalue weighted by molar-refractivity contribution is 5.94. The monoisotopic (exact) mass is 258 g/mol. The zero-order valence-electron chi connectivity index (χ0n) is 11.2. The minimum atomic E-state index is 0.645. The summed E-state index contributed by atoms with van der Waals surface area (Å²) in [6.07, 6.45) is 1.90. The molecular weight excluding hydrogens is 244 g/mol. The van der Waals surface area contributed by atoms with Gasteiger partial charge >= 0.3 is 0 Å². The molecule has 0 radical (unpaired) electrons. The zero-order valence-corrected chi connectivity index (χ0v) is 11.2. The number of aryl methyl sites for hydroxylation is 1. The third kappa shape index (κ3) is 2.22. The van der Waals surface area contributed by atoms with Crippen LogP contribution in [-0.4, -0.2) is 4.98 Å². The van der Waals surface area contributed by atoms with Crippen LogP contribution in [0.1, 0.15) is 16.8 Å². The lowest BCUT2D eigenvalue weighted by molar-refractivity contribution is 1.37. The molecule has 1 heterocycles. The fourth-order valence-corrected chi connectivity index (χ4v) is 2.34. The van der Waals surface area contributed by atoms with Gasteiger partial charge in [0.25, 0.3) is 0 Å². The molecule has 0 atom stereocenters. The number of aromatic amines is 1. The van der Waals surface area contributed by atoms with Crippen LogP contribution in [0, 0.1) is 18.3 Å². The SMILES string of the molecule is Cc1cccc2cc(/C(C#N)=C/c3ccccc3)[nH]c12. The van der Waals surface area contributed by atoms with Crippen molar-refractivity contribution in [2.45, 2.75) is 6.92 Å². The molecule has 0 amide bonds. The van der Waals surface area contributed by atoms with Crippen LogP contribution in [-0.2, 0) is 0 Å². The third-order valence-electron chi connectivity index (χ3n) is 3.39. The van der Waals surface area contributed by atoms with E-state index >= 15 is 0 Å². The Bertz CT molecular complexity index is 817. The number of aromatic nitrogens is 1. The average Bonchev–Trinajstić information content (AvgIpc) is 2.91. The van der Waals surface area contributed by atoms with Gasteiger partial charge in [-0.15, -0.1) is 0 Å². The number of hydrogen-bond donors (Lipinski definition) is 1. The predicted molar refractivity (Wildman–Crippen MR) is 83.0 cm³/mol. The molecule has 0 aliphatic heterocycles. The van der Waals surface area contributed by atoms with Gasteiger partial charge in [-0.3, -0.25) is 0 Å². The summed E-state index contributed by atoms with van der Waals surface area (Å²) in [5, 5.41) is 10.5. The minimum Gasteiger partial charge on any atom is -0.354 e. The molecule has 1 aromatic heterocycles. The molecule has 20 heavy (non-hydrogen) atoms. The van der Waals surface area contributed by atoms with Crippen LogP contribution in [0.3, 0.4) is 0 Å². The van der Waals surface area contributed by atoms with Crippen LogP contribution >= 0.6 is 0 Å². The van der Waals surface area contributed by atoms with Crippen LogP contribution in [0.4, 0.5) is 0 Å². The molecule has 0 aliphatic carbocycles. The maximum Gasteiger partial charge on any atom is 0.101 e. The van der Waals surface area contributed by atoms with Gasteiger partial charge in [-0.25, -0.2) is 0 Å². The van der Waals surface area contributed by atoms with Crippen molar-refractivity contribution in [3.8, 4) is 6.07 Å². The van der Waals surface area contributed by atoms with Crippen LogP contribution in [0.5, 0.6) is 0 Å². The standard InChI is InChI=1S/C18H14N2/c1-13-6-5-9-15-11-17(20-18(13)15)16(12-19)10-14-7-3-2-4-8-14/h2-11,20H,1H3/b16-10+. The average molecular weight is 258 g/mol. The van der Waals surface area contributed by atoms with Gasteiger partial charge in [0.05, 0.1) is 11.3 Å². The number of hydrogen-bond acceptors (Lipinski definition) is 1. The summed E-state index contributed by atoms with van der Waals surface area (Å²) in [5.41, 5.74) is 4.81. The largest absolute Gasteiger partial charge is 0.354 e. The maximum atomic E-state index is 9.40. The highest BCUT2D eigenvalue weighted by Gasteiger charge is 2.07. The molecule has 0 saturated heterocycles. The molecule has 2 heteroatoms. The number of allylic oxidation sites excluding steroid dienone is 1. The number of H-pyrrole nitrogens is 1. The van der Waals surface area contributed by atoms with E-state index < -0.39 is 0 Å². The van der Waals surface area contributed by atoms with Gasteiger partial charge in [-0.05, 0) is 30.2 Å². The van der Waals surface area contributed by atoms with E-state index in [1.807, 2.05) is 48.5 Å². The summed E-state index contributed by atoms with van der Waals surface area (Å²) in [5.74, 6) is 0. The summed E-state index contributed by atoms with van der Waals surface area (Å²) in [4.78, 5) is 3.34. The smallest absolute Gasteiger partial charge is 0.101 e. The summed E-state index contributed by atoms with van der Waals surface area (Å²) in [6.45, 7) is 2.07. The van der Waals surface area contributed by atoms with Crippen LogP contribution < -0.4 is 0 Å². The van der Waals surface area contributed by atoms with Gasteiger partial charge in [0.1, 0.15) is 6.07 Å². The van der Waals surface area contributed by atoms with E-state index in [0.29, 0.717) is 5.57 Å². The van der Waals surface area contributed by atoms with Crippen molar-refractivity contribution in [3.63, 3.8) is 0 Å². The second-order valence-corrected chi connectivity index (χ2v) is 4.80. The lowest BCUT2D eigenvalue weighted by Crippen LogP contribution is -1.82. The molecule has 3 rings (SSSR count). The molecule has 0 saturated carbocycles.